The Bertz CT molecular complexity index is 305. The van der Waals surface area contributed by atoms with Gasteiger partial charge in [-0.3, -0.25) is 0 Å². The molecule has 3 N–H and O–H groups in total. The van der Waals surface area contributed by atoms with E-state index in [-0.39, 0.29) is 6.61 Å². The number of aliphatic hydroxyl groups is 1. The molecule has 0 heterocycles. The Morgan fingerprint density at radius 2 is 2.20 bits per heavy atom. The molecule has 4 heteroatoms. The van der Waals surface area contributed by atoms with E-state index >= 15 is 0 Å². The third kappa shape index (κ3) is 4.55. The van der Waals surface area contributed by atoms with Gasteiger partial charge in [0.1, 0.15) is 0 Å². The van der Waals surface area contributed by atoms with E-state index in [2.05, 4.69) is 0 Å². The number of nitrogens with two attached hydrogens (primary N) is 1. The predicted molar refractivity (Wildman–Crippen MR) is 64.2 cm³/mol. The number of nitrogen functional groups attached to an aromatic ring is 1. The van der Waals surface area contributed by atoms with E-state index in [1.54, 1.807) is 11.8 Å². The molecule has 0 aliphatic heterocycles. The molecule has 0 aliphatic carbocycles. The monoisotopic (exact) mass is 227 g/mol. The maximum atomic E-state index is 8.51. The summed E-state index contributed by atoms with van der Waals surface area (Å²) in [5.41, 5.74) is 7.66. The van der Waals surface area contributed by atoms with Gasteiger partial charge in [-0.1, -0.05) is 0 Å². The normalized spacial score (nSPS) is 10.5. The number of aryl methyl sites for hydroxylation is 1. The summed E-state index contributed by atoms with van der Waals surface area (Å²) in [5.74, 6) is 0.894. The van der Waals surface area contributed by atoms with Gasteiger partial charge in [-0.2, -0.15) is 0 Å². The quantitative estimate of drug-likeness (QED) is 0.441. The Balaban J connectivity index is 2.31. The van der Waals surface area contributed by atoms with E-state index < -0.39 is 0 Å². The zero-order valence-corrected chi connectivity index (χ0v) is 9.72. The molecule has 0 spiro atoms. The fourth-order valence-electron chi connectivity index (χ4n) is 1.21. The second-order valence-electron chi connectivity index (χ2n) is 3.21. The van der Waals surface area contributed by atoms with Crippen molar-refractivity contribution < 1.29 is 9.84 Å². The fourth-order valence-corrected chi connectivity index (χ4v) is 2.08. The Kier molecular flexibility index (Phi) is 5.53. The molecule has 0 aliphatic rings. The van der Waals surface area contributed by atoms with Crippen LogP contribution < -0.4 is 5.73 Å². The number of hydrogen-bond donors (Lipinski definition) is 2. The molecule has 3 nitrogen and oxygen atoms in total. The second kappa shape index (κ2) is 6.71. The van der Waals surface area contributed by atoms with Gasteiger partial charge in [0.2, 0.25) is 0 Å². The zero-order valence-electron chi connectivity index (χ0n) is 8.90. The highest BCUT2D eigenvalue weighted by atomic mass is 32.2. The van der Waals surface area contributed by atoms with Crippen LogP contribution >= 0.6 is 11.8 Å². The molecule has 1 aromatic carbocycles. The number of benzene rings is 1. The van der Waals surface area contributed by atoms with Crippen LogP contribution in [0.2, 0.25) is 0 Å². The van der Waals surface area contributed by atoms with Crippen molar-refractivity contribution >= 4 is 17.4 Å². The van der Waals surface area contributed by atoms with Crippen molar-refractivity contribution in [2.45, 2.75) is 11.8 Å². The summed E-state index contributed by atoms with van der Waals surface area (Å²) >= 11 is 1.74. The Morgan fingerprint density at radius 1 is 1.40 bits per heavy atom. The lowest BCUT2D eigenvalue weighted by molar-refractivity contribution is 0.103. The molecule has 0 fully saturated rings. The molecule has 0 atom stereocenters. The van der Waals surface area contributed by atoms with Crippen LogP contribution in [-0.2, 0) is 4.74 Å². The smallest absolute Gasteiger partial charge is 0.0698 e. The highest BCUT2D eigenvalue weighted by Gasteiger charge is 1.99. The van der Waals surface area contributed by atoms with Crippen LogP contribution in [0.3, 0.4) is 0 Å². The average Bonchev–Trinajstić information content (AvgIpc) is 2.20. The molecular weight excluding hydrogens is 210 g/mol. The topological polar surface area (TPSA) is 55.5 Å². The van der Waals surface area contributed by atoms with Gasteiger partial charge in [0.25, 0.3) is 0 Å². The van der Waals surface area contributed by atoms with E-state index in [0.29, 0.717) is 13.2 Å². The second-order valence-corrected chi connectivity index (χ2v) is 4.35. The van der Waals surface area contributed by atoms with Crippen molar-refractivity contribution in [2.75, 3.05) is 31.3 Å². The van der Waals surface area contributed by atoms with Crippen LogP contribution in [0.5, 0.6) is 0 Å². The molecule has 0 amide bonds. The minimum atomic E-state index is 0.0889. The number of anilines is 1. The molecule has 0 bridgehead atoms. The maximum absolute atomic E-state index is 8.51. The largest absolute Gasteiger partial charge is 0.399 e. The van der Waals surface area contributed by atoms with Gasteiger partial charge in [0.15, 0.2) is 0 Å². The van der Waals surface area contributed by atoms with Crippen molar-refractivity contribution in [1.82, 2.24) is 0 Å². The van der Waals surface area contributed by atoms with E-state index in [1.165, 1.54) is 10.5 Å². The summed E-state index contributed by atoms with van der Waals surface area (Å²) in [4.78, 5) is 1.23. The first-order valence-electron chi connectivity index (χ1n) is 4.91. The molecule has 1 rings (SSSR count). The Labute approximate surface area is 94.6 Å². The van der Waals surface area contributed by atoms with Gasteiger partial charge < -0.3 is 15.6 Å². The number of aliphatic hydroxyl groups excluding tert-OH is 1. The lowest BCUT2D eigenvalue weighted by Crippen LogP contribution is -2.02. The van der Waals surface area contributed by atoms with Gasteiger partial charge in [-0.05, 0) is 30.7 Å². The lowest BCUT2D eigenvalue weighted by Gasteiger charge is -2.06. The molecule has 0 saturated heterocycles. The van der Waals surface area contributed by atoms with Crippen molar-refractivity contribution in [2.24, 2.45) is 0 Å². The molecular formula is C11H17NO2S. The first-order chi connectivity index (χ1) is 7.24. The van der Waals surface area contributed by atoms with Crippen molar-refractivity contribution in [3.8, 4) is 0 Å². The van der Waals surface area contributed by atoms with Crippen LogP contribution in [0.1, 0.15) is 5.56 Å². The predicted octanol–water partition coefficient (Wildman–Crippen LogP) is 1.68. The third-order valence-corrected chi connectivity index (χ3v) is 3.06. The highest BCUT2D eigenvalue weighted by molar-refractivity contribution is 7.99. The summed E-state index contributed by atoms with van der Waals surface area (Å²) < 4.78 is 5.17. The Hall–Kier alpha value is -0.710. The van der Waals surface area contributed by atoms with Gasteiger partial charge >= 0.3 is 0 Å². The molecule has 1 aromatic rings. The maximum Gasteiger partial charge on any atom is 0.0698 e. The number of rotatable bonds is 6. The number of hydrogen-bond acceptors (Lipinski definition) is 4. The van der Waals surface area contributed by atoms with Gasteiger partial charge in [0, 0.05) is 16.3 Å². The SMILES string of the molecule is Cc1cc(N)ccc1SCCOCCO. The molecule has 0 aromatic heterocycles. The van der Waals surface area contributed by atoms with E-state index in [9.17, 15) is 0 Å². The van der Waals surface area contributed by atoms with Crippen LogP contribution in [0.25, 0.3) is 0 Å². The Morgan fingerprint density at radius 3 is 2.87 bits per heavy atom. The first kappa shape index (κ1) is 12.4. The molecule has 84 valence electrons. The van der Waals surface area contributed by atoms with Gasteiger partial charge in [0.05, 0.1) is 19.8 Å². The van der Waals surface area contributed by atoms with E-state index in [4.69, 9.17) is 15.6 Å². The zero-order chi connectivity index (χ0) is 11.1. The summed E-state index contributed by atoms with van der Waals surface area (Å²) in [6, 6.07) is 5.90. The minimum absolute atomic E-state index is 0.0889. The lowest BCUT2D eigenvalue weighted by atomic mass is 10.2. The highest BCUT2D eigenvalue weighted by Crippen LogP contribution is 2.23. The first-order valence-corrected chi connectivity index (χ1v) is 5.90. The van der Waals surface area contributed by atoms with Crippen molar-refractivity contribution in [3.63, 3.8) is 0 Å². The average molecular weight is 227 g/mol. The molecule has 0 unspecified atom stereocenters. The summed E-state index contributed by atoms with van der Waals surface area (Å²) in [6.07, 6.45) is 0. The molecule has 0 saturated carbocycles. The third-order valence-electron chi connectivity index (χ3n) is 1.92. The van der Waals surface area contributed by atoms with Crippen molar-refractivity contribution in [1.29, 1.82) is 0 Å². The van der Waals surface area contributed by atoms with Crippen molar-refractivity contribution in [3.05, 3.63) is 23.8 Å². The molecule has 0 radical (unpaired) electrons. The van der Waals surface area contributed by atoms with E-state index in [1.807, 2.05) is 25.1 Å². The fraction of sp³-hybridized carbons (Fsp3) is 0.455. The number of ether oxygens (including phenoxy) is 1. The van der Waals surface area contributed by atoms with Crippen LogP contribution in [0.15, 0.2) is 23.1 Å². The van der Waals surface area contributed by atoms with Crippen LogP contribution in [-0.4, -0.2) is 30.7 Å². The van der Waals surface area contributed by atoms with Crippen LogP contribution in [0.4, 0.5) is 5.69 Å². The summed E-state index contributed by atoms with van der Waals surface area (Å²) in [5, 5.41) is 8.51. The van der Waals surface area contributed by atoms with E-state index in [0.717, 1.165) is 11.4 Å². The summed E-state index contributed by atoms with van der Waals surface area (Å²) in [6.45, 7) is 3.22. The van der Waals surface area contributed by atoms with Gasteiger partial charge in [-0.15, -0.1) is 11.8 Å². The summed E-state index contributed by atoms with van der Waals surface area (Å²) in [7, 11) is 0. The molecule has 15 heavy (non-hydrogen) atoms. The standard InChI is InChI=1S/C11H17NO2S/c1-9-8-10(12)2-3-11(9)15-7-6-14-5-4-13/h2-3,8,13H,4-7,12H2,1H3. The number of thioether (sulfide) groups is 1. The van der Waals surface area contributed by atoms with Crippen LogP contribution in [0, 0.1) is 6.92 Å². The van der Waals surface area contributed by atoms with Gasteiger partial charge in [-0.25, -0.2) is 0 Å². The minimum Gasteiger partial charge on any atom is -0.399 e.